The van der Waals surface area contributed by atoms with E-state index in [1.807, 2.05) is 53.9 Å². The molecular weight excluding hydrogens is 447 g/mol. The molecule has 0 aliphatic rings. The van der Waals surface area contributed by atoms with E-state index >= 15 is 0 Å². The summed E-state index contributed by atoms with van der Waals surface area (Å²) in [5.41, 5.74) is 7.96. The molecule has 0 atom stereocenters. The number of fused-ring (bicyclic) bond motifs is 1. The average Bonchev–Trinajstić information content (AvgIpc) is 3.45. The molecule has 0 saturated heterocycles. The predicted molar refractivity (Wildman–Crippen MR) is 127 cm³/mol. The largest absolute Gasteiger partial charge is 0.252 e. The molecule has 1 N–H and O–H groups in total. The van der Waals surface area contributed by atoms with Gasteiger partial charge in [-0.1, -0.05) is 53.2 Å². The van der Waals surface area contributed by atoms with E-state index in [4.69, 9.17) is 11.6 Å². The molecule has 0 fully saturated rings. The minimum absolute atomic E-state index is 0.306. The molecule has 0 spiro atoms. The maximum atomic E-state index is 13.5. The van der Waals surface area contributed by atoms with Crippen LogP contribution < -0.4 is 5.43 Å². The van der Waals surface area contributed by atoms with Crippen LogP contribution in [-0.2, 0) is 6.54 Å². The summed E-state index contributed by atoms with van der Waals surface area (Å²) in [5.74, 6) is -0.306. The molecule has 2 heterocycles. The number of thiazole rings is 1. The Balaban J connectivity index is 1.44. The molecule has 0 amide bonds. The Kier molecular flexibility index (Phi) is 5.62. The van der Waals surface area contributed by atoms with Crippen molar-refractivity contribution in [2.45, 2.75) is 6.54 Å². The Hall–Kier alpha value is -3.62. The fraction of sp³-hybridized carbons (Fsp3) is 0.0435. The monoisotopic (exact) mass is 462 g/mol. The quantitative estimate of drug-likeness (QED) is 0.253. The molecule has 0 saturated carbocycles. The molecule has 3 aromatic carbocycles. The van der Waals surface area contributed by atoms with Gasteiger partial charge in [-0.25, -0.2) is 14.1 Å². The summed E-state index contributed by atoms with van der Waals surface area (Å²) in [6.07, 6.45) is 0. The van der Waals surface area contributed by atoms with Crippen LogP contribution in [0, 0.1) is 5.82 Å². The van der Waals surface area contributed by atoms with E-state index in [0.717, 1.165) is 27.9 Å². The lowest BCUT2D eigenvalue weighted by molar-refractivity contribution is 0.627. The Bertz CT molecular complexity index is 1390. The highest BCUT2D eigenvalue weighted by Gasteiger charge is 2.11. The normalized spacial score (nSPS) is 11.8. The first-order valence-electron chi connectivity index (χ1n) is 9.74. The van der Waals surface area contributed by atoms with Gasteiger partial charge in [-0.3, -0.25) is 5.43 Å². The van der Waals surface area contributed by atoms with Crippen molar-refractivity contribution in [1.82, 2.24) is 20.0 Å². The van der Waals surface area contributed by atoms with Crippen molar-refractivity contribution in [3.8, 4) is 11.3 Å². The Labute approximate surface area is 192 Å². The minimum atomic E-state index is -0.306. The highest BCUT2D eigenvalue weighted by atomic mass is 35.5. The molecule has 5 aromatic rings. The molecule has 0 aliphatic carbocycles. The van der Waals surface area contributed by atoms with Crippen molar-refractivity contribution in [2.24, 2.45) is 5.10 Å². The number of hydrogen-bond acceptors (Lipinski definition) is 6. The Morgan fingerprint density at radius 1 is 1.03 bits per heavy atom. The minimum Gasteiger partial charge on any atom is -0.252 e. The van der Waals surface area contributed by atoms with Gasteiger partial charge in [0.1, 0.15) is 11.3 Å². The lowest BCUT2D eigenvalue weighted by atomic mass is 10.1. The Morgan fingerprint density at radius 3 is 2.62 bits per heavy atom. The maximum Gasteiger partial charge on any atom is 0.203 e. The van der Waals surface area contributed by atoms with E-state index in [1.165, 1.54) is 23.5 Å². The smallest absolute Gasteiger partial charge is 0.203 e. The molecular formula is C23H16ClFN6S. The summed E-state index contributed by atoms with van der Waals surface area (Å²) in [7, 11) is 0. The predicted octanol–water partition coefficient (Wildman–Crippen LogP) is 5.86. The molecule has 0 aliphatic heterocycles. The van der Waals surface area contributed by atoms with Gasteiger partial charge < -0.3 is 0 Å². The third-order valence-corrected chi connectivity index (χ3v) is 5.83. The van der Waals surface area contributed by atoms with E-state index in [-0.39, 0.29) is 5.82 Å². The number of hydrogen-bond donors (Lipinski definition) is 1. The standard InChI is InChI=1S/C23H16ClFN6S/c24-17-9-5-16(6-10-17)21-14-32-23(26-21)29-27-20(15-7-11-18(25)12-8-15)13-31-22-4-2-1-3-19(22)28-30-31/h1-12,14H,13H2,(H,26,29)/b27-20-. The van der Waals surface area contributed by atoms with Crippen LogP contribution >= 0.6 is 22.9 Å². The van der Waals surface area contributed by atoms with Gasteiger partial charge in [0, 0.05) is 16.0 Å². The number of para-hydroxylation sites is 1. The van der Waals surface area contributed by atoms with E-state index in [2.05, 4.69) is 25.8 Å². The second kappa shape index (κ2) is 8.86. The number of nitrogens with one attached hydrogen (secondary N) is 1. The van der Waals surface area contributed by atoms with Gasteiger partial charge in [-0.2, -0.15) is 5.10 Å². The van der Waals surface area contributed by atoms with Gasteiger partial charge in [0.2, 0.25) is 5.13 Å². The van der Waals surface area contributed by atoms with E-state index < -0.39 is 0 Å². The van der Waals surface area contributed by atoms with E-state index in [9.17, 15) is 4.39 Å². The highest BCUT2D eigenvalue weighted by Crippen LogP contribution is 2.26. The van der Waals surface area contributed by atoms with Crippen LogP contribution in [-0.4, -0.2) is 25.7 Å². The summed E-state index contributed by atoms with van der Waals surface area (Å²) in [6, 6.07) is 21.4. The SMILES string of the molecule is Fc1ccc(/C(Cn2nnc3ccccc32)=N\Nc2nc(-c3ccc(Cl)cc3)cs2)cc1. The van der Waals surface area contributed by atoms with Crippen LogP contribution in [0.5, 0.6) is 0 Å². The number of rotatable bonds is 6. The second-order valence-electron chi connectivity index (χ2n) is 6.96. The molecule has 158 valence electrons. The topological polar surface area (TPSA) is 68.0 Å². The number of benzene rings is 3. The molecule has 6 nitrogen and oxygen atoms in total. The molecule has 0 bridgehead atoms. The van der Waals surface area contributed by atoms with Gasteiger partial charge in [-0.05, 0) is 42.0 Å². The maximum absolute atomic E-state index is 13.5. The summed E-state index contributed by atoms with van der Waals surface area (Å²) in [5, 5.41) is 16.3. The molecule has 2 aromatic heterocycles. The van der Waals surface area contributed by atoms with Gasteiger partial charge in [0.05, 0.1) is 23.5 Å². The van der Waals surface area contributed by atoms with Crippen molar-refractivity contribution >= 4 is 44.8 Å². The van der Waals surface area contributed by atoms with Gasteiger partial charge >= 0.3 is 0 Å². The van der Waals surface area contributed by atoms with Gasteiger partial charge in [-0.15, -0.1) is 16.4 Å². The highest BCUT2D eigenvalue weighted by molar-refractivity contribution is 7.14. The second-order valence-corrected chi connectivity index (χ2v) is 8.25. The van der Waals surface area contributed by atoms with Crippen molar-refractivity contribution in [2.75, 3.05) is 5.43 Å². The van der Waals surface area contributed by atoms with Crippen molar-refractivity contribution in [3.05, 3.63) is 94.6 Å². The first-order chi connectivity index (χ1) is 15.7. The summed E-state index contributed by atoms with van der Waals surface area (Å²) < 4.78 is 15.2. The van der Waals surface area contributed by atoms with E-state index in [1.54, 1.807) is 16.8 Å². The third-order valence-electron chi connectivity index (χ3n) is 4.83. The van der Waals surface area contributed by atoms with Crippen molar-refractivity contribution in [1.29, 1.82) is 0 Å². The van der Waals surface area contributed by atoms with E-state index in [0.29, 0.717) is 22.4 Å². The van der Waals surface area contributed by atoms with Crippen molar-refractivity contribution < 1.29 is 4.39 Å². The van der Waals surface area contributed by atoms with Crippen LogP contribution in [0.2, 0.25) is 5.02 Å². The molecule has 5 rings (SSSR count). The molecule has 0 radical (unpaired) electrons. The van der Waals surface area contributed by atoms with Gasteiger partial charge in [0.15, 0.2) is 0 Å². The average molecular weight is 463 g/mol. The molecule has 0 unspecified atom stereocenters. The zero-order valence-corrected chi connectivity index (χ0v) is 18.2. The zero-order chi connectivity index (χ0) is 21.9. The van der Waals surface area contributed by atoms with Crippen molar-refractivity contribution in [3.63, 3.8) is 0 Å². The fourth-order valence-electron chi connectivity index (χ4n) is 3.20. The lowest BCUT2D eigenvalue weighted by Gasteiger charge is -2.08. The van der Waals surface area contributed by atoms with Gasteiger partial charge in [0.25, 0.3) is 0 Å². The zero-order valence-electron chi connectivity index (χ0n) is 16.6. The number of anilines is 1. The number of hydrazone groups is 1. The summed E-state index contributed by atoms with van der Waals surface area (Å²) >= 11 is 7.41. The first kappa shape index (κ1) is 20.3. The number of halogens is 2. The summed E-state index contributed by atoms with van der Waals surface area (Å²) in [4.78, 5) is 4.60. The fourth-order valence-corrected chi connectivity index (χ4v) is 3.99. The molecule has 9 heteroatoms. The van der Waals surface area contributed by atoms with Crippen LogP contribution in [0.4, 0.5) is 9.52 Å². The first-order valence-corrected chi connectivity index (χ1v) is 11.0. The van der Waals surface area contributed by atoms with Crippen LogP contribution in [0.3, 0.4) is 0 Å². The number of nitrogens with zero attached hydrogens (tertiary/aromatic N) is 5. The van der Waals surface area contributed by atoms with Crippen LogP contribution in [0.1, 0.15) is 5.56 Å². The van der Waals surface area contributed by atoms with Crippen LogP contribution in [0.15, 0.2) is 83.3 Å². The summed E-state index contributed by atoms with van der Waals surface area (Å²) in [6.45, 7) is 0.356. The Morgan fingerprint density at radius 2 is 1.81 bits per heavy atom. The number of aromatic nitrogens is 4. The lowest BCUT2D eigenvalue weighted by Crippen LogP contribution is -2.15. The van der Waals surface area contributed by atoms with Crippen LogP contribution in [0.25, 0.3) is 22.3 Å². The molecule has 32 heavy (non-hydrogen) atoms. The third kappa shape index (κ3) is 4.37.